The maximum atomic E-state index is 15.3. The molecule has 0 aromatic heterocycles. The van der Waals surface area contributed by atoms with Crippen LogP contribution >= 0.6 is 23.2 Å². The van der Waals surface area contributed by atoms with Crippen LogP contribution in [0.25, 0.3) is 0 Å². The summed E-state index contributed by atoms with van der Waals surface area (Å²) >= 11 is 11.9. The molecule has 0 fully saturated rings. The molecule has 2 aromatic carbocycles. The zero-order valence-electron chi connectivity index (χ0n) is 19.5. The van der Waals surface area contributed by atoms with Crippen LogP contribution in [0.15, 0.2) is 48.5 Å². The third kappa shape index (κ3) is 7.45. The Bertz CT molecular complexity index is 1050. The van der Waals surface area contributed by atoms with E-state index in [2.05, 4.69) is 5.32 Å². The fraction of sp³-hybridized carbons (Fsp3) is 0.400. The Morgan fingerprint density at radius 2 is 1.60 bits per heavy atom. The van der Waals surface area contributed by atoms with Gasteiger partial charge in [-0.2, -0.15) is 0 Å². The summed E-state index contributed by atoms with van der Waals surface area (Å²) in [7, 11) is 0. The van der Waals surface area contributed by atoms with Crippen LogP contribution in [-0.2, 0) is 20.8 Å². The molecule has 0 aliphatic rings. The molecule has 2 aromatic rings. The molecule has 2 N–H and O–H groups in total. The van der Waals surface area contributed by atoms with Crippen LogP contribution in [0, 0.1) is 5.92 Å². The van der Waals surface area contributed by atoms with Crippen molar-refractivity contribution < 1.29 is 27.6 Å². The van der Waals surface area contributed by atoms with Gasteiger partial charge in [0.25, 0.3) is 5.78 Å². The smallest absolute Gasteiger partial charge is 0.301 e. The van der Waals surface area contributed by atoms with Crippen LogP contribution in [0.4, 0.5) is 13.2 Å². The molecule has 0 saturated carbocycles. The fourth-order valence-electron chi connectivity index (χ4n) is 3.47. The number of hydrogen-bond donors (Lipinski definition) is 2. The summed E-state index contributed by atoms with van der Waals surface area (Å²) in [5, 5.41) is 5.10. The van der Waals surface area contributed by atoms with Gasteiger partial charge in [-0.05, 0) is 29.7 Å². The highest BCUT2D eigenvalue weighted by Gasteiger charge is 2.48. The Labute approximate surface area is 212 Å². The van der Waals surface area contributed by atoms with Crippen molar-refractivity contribution in [3.05, 3.63) is 69.7 Å². The van der Waals surface area contributed by atoms with Gasteiger partial charge in [-0.15, -0.1) is 0 Å². The number of benzene rings is 2. The molecule has 2 rings (SSSR count). The number of nitrogens with one attached hydrogen (secondary N) is 2. The monoisotopic (exact) mass is 530 g/mol. The summed E-state index contributed by atoms with van der Waals surface area (Å²) in [4.78, 5) is 37.7. The number of hydrogen-bond acceptors (Lipinski definition) is 3. The minimum Gasteiger partial charge on any atom is -0.344 e. The molecule has 0 saturated heterocycles. The van der Waals surface area contributed by atoms with Gasteiger partial charge in [-0.3, -0.25) is 14.4 Å². The second-order valence-corrected chi connectivity index (χ2v) is 9.33. The second kappa shape index (κ2) is 12.4. The maximum Gasteiger partial charge on any atom is 0.301 e. The van der Waals surface area contributed by atoms with Gasteiger partial charge in [0.05, 0.1) is 10.0 Å². The van der Waals surface area contributed by atoms with Crippen LogP contribution in [0.5, 0.6) is 0 Å². The van der Waals surface area contributed by atoms with Crippen molar-refractivity contribution in [3.63, 3.8) is 0 Å². The summed E-state index contributed by atoms with van der Waals surface area (Å²) in [5.41, 5.74) is 1.38. The van der Waals surface area contributed by atoms with E-state index in [1.807, 2.05) is 5.32 Å². The van der Waals surface area contributed by atoms with Crippen LogP contribution in [-0.4, -0.2) is 35.9 Å². The van der Waals surface area contributed by atoms with Gasteiger partial charge in [0, 0.05) is 18.3 Å². The number of carbonyl (C=O) groups is 3. The lowest BCUT2D eigenvalue weighted by Crippen LogP contribution is -2.61. The molecular formula is C25H27Cl2F3N2O3. The number of Topliss-reactive ketones (excluding diaryl/α,β-unsaturated/α-hetero) is 1. The van der Waals surface area contributed by atoms with Gasteiger partial charge >= 0.3 is 6.43 Å². The zero-order valence-corrected chi connectivity index (χ0v) is 21.0. The minimum atomic E-state index is -3.62. The lowest BCUT2D eigenvalue weighted by molar-refractivity contribution is -0.153. The Morgan fingerprint density at radius 1 is 0.971 bits per heavy atom. The summed E-state index contributed by atoms with van der Waals surface area (Å²) in [6, 6.07) is 12.2. The first-order valence-corrected chi connectivity index (χ1v) is 11.7. The standard InChI is InChI=1S/C25H27Cl2F3N2O3/c1-14(2)25(30,22(34)23(28)29)32-24(35)21(15(3)17-7-5-4-6-8-17)31-20(33)12-10-16-9-11-18(26)19(27)13-16/h4-9,11,13-15,21,23H,10,12H2,1-3H3,(H,31,33)(H,32,35)/t15-,21-,25+/m0/s1. The number of ketones is 1. The molecule has 10 heteroatoms. The Balaban J connectivity index is 2.25. The van der Waals surface area contributed by atoms with Crippen molar-refractivity contribution in [1.82, 2.24) is 10.6 Å². The quantitative estimate of drug-likeness (QED) is 0.377. The van der Waals surface area contributed by atoms with E-state index in [1.54, 1.807) is 55.5 Å². The third-order valence-electron chi connectivity index (χ3n) is 5.71. The Kier molecular flexibility index (Phi) is 10.2. The van der Waals surface area contributed by atoms with Crippen LogP contribution in [0.1, 0.15) is 44.2 Å². The molecule has 0 aliphatic heterocycles. The van der Waals surface area contributed by atoms with Gasteiger partial charge in [0.15, 0.2) is 0 Å². The number of alkyl halides is 3. The second-order valence-electron chi connectivity index (χ2n) is 8.51. The van der Waals surface area contributed by atoms with E-state index in [4.69, 9.17) is 23.2 Å². The summed E-state index contributed by atoms with van der Waals surface area (Å²) < 4.78 is 41.4. The summed E-state index contributed by atoms with van der Waals surface area (Å²) in [6.45, 7) is 4.03. The van der Waals surface area contributed by atoms with E-state index in [0.717, 1.165) is 5.56 Å². The van der Waals surface area contributed by atoms with Crippen molar-refractivity contribution in [2.75, 3.05) is 0 Å². The molecule has 0 unspecified atom stereocenters. The molecule has 2 amide bonds. The number of carbonyl (C=O) groups excluding carboxylic acids is 3. The van der Waals surface area contributed by atoms with E-state index < -0.39 is 47.7 Å². The molecule has 3 atom stereocenters. The maximum absolute atomic E-state index is 15.3. The predicted octanol–water partition coefficient (Wildman–Crippen LogP) is 5.49. The number of aryl methyl sites for hydroxylation is 1. The van der Waals surface area contributed by atoms with Gasteiger partial charge in [-0.25, -0.2) is 13.2 Å². The first-order chi connectivity index (χ1) is 16.4. The highest BCUT2D eigenvalue weighted by Crippen LogP contribution is 2.26. The first kappa shape index (κ1) is 28.7. The summed E-state index contributed by atoms with van der Waals surface area (Å²) in [5.74, 6) is -8.90. The molecule has 35 heavy (non-hydrogen) atoms. The molecule has 0 aliphatic carbocycles. The normalized spacial score (nSPS) is 14.8. The van der Waals surface area contributed by atoms with Crippen molar-refractivity contribution in [3.8, 4) is 0 Å². The van der Waals surface area contributed by atoms with Crippen molar-refractivity contribution in [2.45, 2.75) is 57.8 Å². The lowest BCUT2D eigenvalue weighted by atomic mass is 9.90. The van der Waals surface area contributed by atoms with Crippen LogP contribution in [0.2, 0.25) is 10.0 Å². The summed E-state index contributed by atoms with van der Waals surface area (Å²) in [6.07, 6.45) is -3.38. The highest BCUT2D eigenvalue weighted by molar-refractivity contribution is 6.42. The van der Waals surface area contributed by atoms with Crippen LogP contribution in [0.3, 0.4) is 0 Å². The fourth-order valence-corrected chi connectivity index (χ4v) is 3.79. The molecule has 0 spiro atoms. The first-order valence-electron chi connectivity index (χ1n) is 11.0. The average Bonchev–Trinajstić information content (AvgIpc) is 2.82. The molecule has 190 valence electrons. The van der Waals surface area contributed by atoms with Crippen LogP contribution < -0.4 is 10.6 Å². The minimum absolute atomic E-state index is 0.0375. The molecule has 0 heterocycles. The molecule has 5 nitrogen and oxygen atoms in total. The van der Waals surface area contributed by atoms with Crippen molar-refractivity contribution in [1.29, 1.82) is 0 Å². The third-order valence-corrected chi connectivity index (χ3v) is 6.45. The lowest BCUT2D eigenvalue weighted by Gasteiger charge is -2.32. The predicted molar refractivity (Wildman–Crippen MR) is 129 cm³/mol. The zero-order chi connectivity index (χ0) is 26.3. The van der Waals surface area contributed by atoms with Gasteiger partial charge in [-0.1, -0.05) is 80.4 Å². The van der Waals surface area contributed by atoms with Gasteiger partial charge < -0.3 is 10.6 Å². The van der Waals surface area contributed by atoms with E-state index in [1.165, 1.54) is 13.8 Å². The Hall–Kier alpha value is -2.58. The molecule has 0 radical (unpaired) electrons. The highest BCUT2D eigenvalue weighted by atomic mass is 35.5. The topological polar surface area (TPSA) is 75.3 Å². The van der Waals surface area contributed by atoms with E-state index in [9.17, 15) is 23.2 Å². The van der Waals surface area contributed by atoms with Gasteiger partial charge in [0.1, 0.15) is 6.04 Å². The largest absolute Gasteiger partial charge is 0.344 e. The van der Waals surface area contributed by atoms with Crippen molar-refractivity contribution >= 4 is 40.8 Å². The van der Waals surface area contributed by atoms with Gasteiger partial charge in [0.2, 0.25) is 17.6 Å². The average molecular weight is 531 g/mol. The molecule has 0 bridgehead atoms. The van der Waals surface area contributed by atoms with E-state index >= 15 is 4.39 Å². The van der Waals surface area contributed by atoms with E-state index in [0.29, 0.717) is 15.6 Å². The number of halogens is 5. The SMILES string of the molecule is CC(C)[C@@](F)(NC(=O)[C@@H](NC(=O)CCc1ccc(Cl)c(Cl)c1)[C@@H](C)c1ccccc1)C(=O)C(F)F. The Morgan fingerprint density at radius 3 is 2.14 bits per heavy atom. The molecular weight excluding hydrogens is 504 g/mol. The number of amides is 2. The number of rotatable bonds is 11. The van der Waals surface area contributed by atoms with E-state index in [-0.39, 0.29) is 12.8 Å². The van der Waals surface area contributed by atoms with Crippen molar-refractivity contribution in [2.24, 2.45) is 5.92 Å².